The molecule has 0 aliphatic heterocycles. The highest BCUT2D eigenvalue weighted by Crippen LogP contribution is 2.42. The number of anilines is 1. The van der Waals surface area contributed by atoms with Gasteiger partial charge in [-0.25, -0.2) is 4.98 Å². The summed E-state index contributed by atoms with van der Waals surface area (Å²) in [6.45, 7) is 7.56. The van der Waals surface area contributed by atoms with Crippen LogP contribution in [0.3, 0.4) is 0 Å². The van der Waals surface area contributed by atoms with E-state index in [9.17, 15) is 19.8 Å². The zero-order valence-corrected chi connectivity index (χ0v) is 20.9. The van der Waals surface area contributed by atoms with Crippen molar-refractivity contribution in [3.05, 3.63) is 58.5 Å². The van der Waals surface area contributed by atoms with Crippen LogP contribution in [0.2, 0.25) is 0 Å². The number of hydrogen-bond donors (Lipinski definition) is 4. The van der Waals surface area contributed by atoms with Crippen LogP contribution in [0.25, 0.3) is 21.9 Å². The van der Waals surface area contributed by atoms with Gasteiger partial charge < -0.3 is 25.4 Å². The normalized spacial score (nSPS) is 11.0. The zero-order valence-electron chi connectivity index (χ0n) is 20.1. The Hall–Kier alpha value is -4.25. The summed E-state index contributed by atoms with van der Waals surface area (Å²) in [6.07, 6.45) is 3.28. The molecule has 0 bridgehead atoms. The minimum absolute atomic E-state index is 0.0000861. The average molecular weight is 508 g/mol. The lowest BCUT2D eigenvalue weighted by Gasteiger charge is -2.12. The first-order valence-corrected chi connectivity index (χ1v) is 12.1. The smallest absolute Gasteiger partial charge is 0.275 e. The first-order valence-electron chi connectivity index (χ1n) is 11.2. The largest absolute Gasteiger partial charge is 0.508 e. The van der Waals surface area contributed by atoms with Gasteiger partial charge in [-0.2, -0.15) is 0 Å². The van der Waals surface area contributed by atoms with Gasteiger partial charge in [-0.1, -0.05) is 19.0 Å². The standard InChI is InChI=1S/C25H25N5O5S/c1-5-27-23(33)20-19(21(35-30-20)16-10-15(12(2)3)17(31)11-18(16)32)29-24(34)22-13(4)28-25(36-22)14-6-8-26-9-7-14/h6-12,31-32H,5H2,1-4H3,(H,27,33)(H,29,34). The van der Waals surface area contributed by atoms with Crippen LogP contribution in [0.1, 0.15) is 58.1 Å². The molecule has 0 spiro atoms. The number of pyridine rings is 1. The van der Waals surface area contributed by atoms with Crippen LogP contribution in [0.4, 0.5) is 5.69 Å². The van der Waals surface area contributed by atoms with Crippen molar-refractivity contribution >= 4 is 28.8 Å². The predicted octanol–water partition coefficient (Wildman–Crippen LogP) is 4.71. The number of amides is 2. The maximum atomic E-state index is 13.4. The number of phenolic OH excluding ortho intramolecular Hbond substituents is 2. The number of benzene rings is 1. The number of rotatable bonds is 7. The molecule has 0 saturated carbocycles. The summed E-state index contributed by atoms with van der Waals surface area (Å²) in [6, 6.07) is 6.34. The topological polar surface area (TPSA) is 150 Å². The molecule has 0 saturated heterocycles. The number of carbonyl (C=O) groups is 2. The molecule has 4 aromatic rings. The van der Waals surface area contributed by atoms with E-state index in [0.29, 0.717) is 27.7 Å². The molecule has 0 atom stereocenters. The number of nitrogens with one attached hydrogen (secondary N) is 2. The Morgan fingerprint density at radius 1 is 1.11 bits per heavy atom. The molecule has 36 heavy (non-hydrogen) atoms. The van der Waals surface area contributed by atoms with E-state index in [1.165, 1.54) is 17.4 Å². The lowest BCUT2D eigenvalue weighted by Crippen LogP contribution is -2.25. The van der Waals surface area contributed by atoms with Crippen LogP contribution in [-0.2, 0) is 0 Å². The molecule has 186 valence electrons. The minimum atomic E-state index is -0.552. The van der Waals surface area contributed by atoms with Crippen molar-refractivity contribution in [1.82, 2.24) is 20.4 Å². The maximum Gasteiger partial charge on any atom is 0.275 e. The van der Waals surface area contributed by atoms with Crippen LogP contribution in [-0.4, -0.2) is 43.7 Å². The lowest BCUT2D eigenvalue weighted by atomic mass is 9.97. The fourth-order valence-corrected chi connectivity index (χ4v) is 4.59. The third-order valence-corrected chi connectivity index (χ3v) is 6.63. The van der Waals surface area contributed by atoms with Crippen molar-refractivity contribution in [2.45, 2.75) is 33.6 Å². The second-order valence-corrected chi connectivity index (χ2v) is 9.30. The van der Waals surface area contributed by atoms with Gasteiger partial charge in [0, 0.05) is 30.6 Å². The van der Waals surface area contributed by atoms with E-state index in [-0.39, 0.29) is 40.1 Å². The number of nitrogens with zero attached hydrogens (tertiary/aromatic N) is 3. The number of aromatic nitrogens is 3. The third-order valence-electron chi connectivity index (χ3n) is 5.42. The Morgan fingerprint density at radius 2 is 1.83 bits per heavy atom. The van der Waals surface area contributed by atoms with Crippen molar-refractivity contribution in [1.29, 1.82) is 0 Å². The van der Waals surface area contributed by atoms with Gasteiger partial charge in [-0.3, -0.25) is 14.6 Å². The van der Waals surface area contributed by atoms with E-state index < -0.39 is 11.8 Å². The minimum Gasteiger partial charge on any atom is -0.508 e. The van der Waals surface area contributed by atoms with Crippen LogP contribution >= 0.6 is 11.3 Å². The molecule has 11 heteroatoms. The van der Waals surface area contributed by atoms with Gasteiger partial charge in [0.2, 0.25) is 0 Å². The van der Waals surface area contributed by atoms with Crippen molar-refractivity contribution in [3.8, 4) is 33.4 Å². The molecule has 0 fully saturated rings. The Kier molecular flexibility index (Phi) is 7.02. The monoisotopic (exact) mass is 507 g/mol. The molecule has 0 unspecified atom stereocenters. The second-order valence-electron chi connectivity index (χ2n) is 8.30. The molecule has 3 heterocycles. The quantitative estimate of drug-likeness (QED) is 0.281. The fraction of sp³-hybridized carbons (Fsp3) is 0.240. The Balaban J connectivity index is 1.78. The summed E-state index contributed by atoms with van der Waals surface area (Å²) >= 11 is 1.20. The van der Waals surface area contributed by atoms with Gasteiger partial charge in [0.05, 0.1) is 11.3 Å². The van der Waals surface area contributed by atoms with E-state index in [1.807, 2.05) is 13.8 Å². The number of thiazole rings is 1. The van der Waals surface area contributed by atoms with E-state index in [1.54, 1.807) is 44.4 Å². The van der Waals surface area contributed by atoms with Gasteiger partial charge in [-0.05, 0) is 43.5 Å². The third kappa shape index (κ3) is 4.78. The lowest BCUT2D eigenvalue weighted by molar-refractivity contribution is 0.0947. The van der Waals surface area contributed by atoms with Crippen molar-refractivity contribution in [2.24, 2.45) is 0 Å². The number of aryl methyl sites for hydroxylation is 1. The number of hydrogen-bond acceptors (Lipinski definition) is 9. The highest BCUT2D eigenvalue weighted by molar-refractivity contribution is 7.17. The highest BCUT2D eigenvalue weighted by Gasteiger charge is 2.28. The van der Waals surface area contributed by atoms with Gasteiger partial charge in [0.1, 0.15) is 27.1 Å². The van der Waals surface area contributed by atoms with Gasteiger partial charge in [0.15, 0.2) is 11.5 Å². The Morgan fingerprint density at radius 3 is 2.50 bits per heavy atom. The van der Waals surface area contributed by atoms with Crippen molar-refractivity contribution in [3.63, 3.8) is 0 Å². The molecule has 2 amide bonds. The van der Waals surface area contributed by atoms with Crippen molar-refractivity contribution < 1.29 is 24.3 Å². The molecular formula is C25H25N5O5S. The highest BCUT2D eigenvalue weighted by atomic mass is 32.1. The molecular weight excluding hydrogens is 482 g/mol. The van der Waals surface area contributed by atoms with E-state index in [4.69, 9.17) is 4.52 Å². The molecule has 0 aliphatic rings. The van der Waals surface area contributed by atoms with Gasteiger partial charge >= 0.3 is 0 Å². The fourth-order valence-electron chi connectivity index (χ4n) is 3.62. The van der Waals surface area contributed by atoms with E-state index in [2.05, 4.69) is 25.8 Å². The van der Waals surface area contributed by atoms with Crippen molar-refractivity contribution in [2.75, 3.05) is 11.9 Å². The summed E-state index contributed by atoms with van der Waals surface area (Å²) in [5.41, 5.74) is 1.91. The summed E-state index contributed by atoms with van der Waals surface area (Å²) < 4.78 is 5.46. The van der Waals surface area contributed by atoms with E-state index in [0.717, 1.165) is 5.56 Å². The predicted molar refractivity (Wildman–Crippen MR) is 135 cm³/mol. The van der Waals surface area contributed by atoms with Crippen LogP contribution < -0.4 is 10.6 Å². The maximum absolute atomic E-state index is 13.4. The zero-order chi connectivity index (χ0) is 26.0. The Bertz CT molecular complexity index is 1430. The summed E-state index contributed by atoms with van der Waals surface area (Å²) in [4.78, 5) is 34.9. The summed E-state index contributed by atoms with van der Waals surface area (Å²) in [7, 11) is 0. The summed E-state index contributed by atoms with van der Waals surface area (Å²) in [5, 5.41) is 30.7. The number of phenols is 2. The molecule has 4 rings (SSSR count). The van der Waals surface area contributed by atoms with Gasteiger partial charge in [0.25, 0.3) is 11.8 Å². The SMILES string of the molecule is CCNC(=O)c1noc(-c2cc(C(C)C)c(O)cc2O)c1NC(=O)c1sc(-c2ccncc2)nc1C. The molecule has 1 aromatic carbocycles. The van der Waals surface area contributed by atoms with E-state index >= 15 is 0 Å². The van der Waals surface area contributed by atoms with Gasteiger partial charge in [-0.15, -0.1) is 11.3 Å². The Labute approximate surface area is 211 Å². The molecule has 0 radical (unpaired) electrons. The molecule has 10 nitrogen and oxygen atoms in total. The average Bonchev–Trinajstić information content (AvgIpc) is 3.43. The first kappa shape index (κ1) is 24.9. The number of aromatic hydroxyl groups is 2. The molecule has 4 N–H and O–H groups in total. The molecule has 3 aromatic heterocycles. The van der Waals surface area contributed by atoms with Crippen LogP contribution in [0.5, 0.6) is 11.5 Å². The summed E-state index contributed by atoms with van der Waals surface area (Å²) in [5.74, 6) is -1.52. The second kappa shape index (κ2) is 10.2. The number of carbonyl (C=O) groups excluding carboxylic acids is 2. The molecule has 0 aliphatic carbocycles. The van der Waals surface area contributed by atoms with Crippen LogP contribution in [0, 0.1) is 6.92 Å². The van der Waals surface area contributed by atoms with Crippen LogP contribution in [0.15, 0.2) is 41.2 Å². The first-order chi connectivity index (χ1) is 17.2.